The van der Waals surface area contributed by atoms with Gasteiger partial charge in [-0.2, -0.15) is 23.5 Å². The fraction of sp³-hybridized carbons (Fsp3) is 0.375. The first-order valence-electron chi connectivity index (χ1n) is 7.72. The van der Waals surface area contributed by atoms with Crippen LogP contribution in [-0.4, -0.2) is 29.1 Å². The Kier molecular flexibility index (Phi) is 4.46. The summed E-state index contributed by atoms with van der Waals surface area (Å²) < 4.78 is 56.5. The minimum Gasteiger partial charge on any atom is -0.440 e. The van der Waals surface area contributed by atoms with E-state index in [0.29, 0.717) is 17.6 Å². The number of aromatic nitrogens is 2. The van der Waals surface area contributed by atoms with Gasteiger partial charge in [-0.3, -0.25) is 0 Å². The highest BCUT2D eigenvalue weighted by molar-refractivity contribution is 6.63. The molecule has 136 valence electrons. The fourth-order valence-corrected chi connectivity index (χ4v) is 2.47. The average molecular weight is 365 g/mol. The zero-order valence-electron chi connectivity index (χ0n) is 14.3. The first-order valence-corrected chi connectivity index (χ1v) is 7.72. The van der Waals surface area contributed by atoms with E-state index in [9.17, 15) is 13.2 Å². The van der Waals surface area contributed by atoms with Crippen LogP contribution in [-0.2, 0) is 22.5 Å². The average Bonchev–Trinajstić information content (AvgIpc) is 3.10. The van der Waals surface area contributed by atoms with Gasteiger partial charge in [0.05, 0.1) is 23.8 Å². The van der Waals surface area contributed by atoms with Crippen LogP contribution in [0, 0.1) is 11.3 Å². The standard InChI is InChI=1S/C16H15BF3N3O3/c1-15(2)9-24-17(26-15)11-5-4-10(8-21)6-12(11)25-14-7-13(16(18,19)20)22-23(14)3/h4-7H,9H2,1-3H3. The summed E-state index contributed by atoms with van der Waals surface area (Å²) in [6, 6.07) is 7.34. The topological polar surface area (TPSA) is 69.3 Å². The van der Waals surface area contributed by atoms with Crippen molar-refractivity contribution in [1.82, 2.24) is 9.78 Å². The van der Waals surface area contributed by atoms with Crippen LogP contribution in [0.3, 0.4) is 0 Å². The highest BCUT2D eigenvalue weighted by Crippen LogP contribution is 2.32. The number of nitriles is 1. The van der Waals surface area contributed by atoms with Crippen LogP contribution in [0.1, 0.15) is 25.1 Å². The maximum atomic E-state index is 12.8. The number of aryl methyl sites for hydroxylation is 1. The van der Waals surface area contributed by atoms with E-state index in [4.69, 9.17) is 19.3 Å². The Bertz CT molecular complexity index is 874. The molecule has 0 amide bonds. The van der Waals surface area contributed by atoms with E-state index in [-0.39, 0.29) is 11.6 Å². The summed E-state index contributed by atoms with van der Waals surface area (Å²) >= 11 is 0. The van der Waals surface area contributed by atoms with Crippen LogP contribution in [0.2, 0.25) is 0 Å². The lowest BCUT2D eigenvalue weighted by Gasteiger charge is -2.17. The summed E-state index contributed by atoms with van der Waals surface area (Å²) in [5.41, 5.74) is -0.808. The maximum absolute atomic E-state index is 12.8. The second kappa shape index (κ2) is 6.34. The number of hydrogen-bond donors (Lipinski definition) is 0. The number of rotatable bonds is 3. The number of ether oxygens (including phenoxy) is 1. The molecule has 6 nitrogen and oxygen atoms in total. The third-order valence-corrected chi connectivity index (χ3v) is 3.75. The van der Waals surface area contributed by atoms with E-state index in [1.54, 1.807) is 12.1 Å². The molecule has 0 radical (unpaired) electrons. The Morgan fingerprint density at radius 2 is 2.08 bits per heavy atom. The quantitative estimate of drug-likeness (QED) is 0.783. The minimum atomic E-state index is -4.58. The first kappa shape index (κ1) is 18.3. The predicted octanol–water partition coefficient (Wildman–Crippen LogP) is 2.62. The molecule has 2 heterocycles. The summed E-state index contributed by atoms with van der Waals surface area (Å²) in [5, 5.41) is 12.5. The predicted molar refractivity (Wildman–Crippen MR) is 85.9 cm³/mol. The van der Waals surface area contributed by atoms with Crippen LogP contribution >= 0.6 is 0 Å². The van der Waals surface area contributed by atoms with E-state index in [0.717, 1.165) is 10.7 Å². The molecule has 3 rings (SSSR count). The van der Waals surface area contributed by atoms with Crippen molar-refractivity contribution in [2.75, 3.05) is 6.61 Å². The summed E-state index contributed by atoms with van der Waals surface area (Å²) in [6.45, 7) is 4.06. The van der Waals surface area contributed by atoms with Crippen molar-refractivity contribution in [3.8, 4) is 17.7 Å². The molecular weight excluding hydrogens is 350 g/mol. The van der Waals surface area contributed by atoms with Crippen molar-refractivity contribution >= 4 is 12.6 Å². The highest BCUT2D eigenvalue weighted by Gasteiger charge is 2.40. The smallest absolute Gasteiger partial charge is 0.440 e. The van der Waals surface area contributed by atoms with Crippen molar-refractivity contribution in [2.45, 2.75) is 25.6 Å². The Labute approximate surface area is 148 Å². The van der Waals surface area contributed by atoms with Gasteiger partial charge < -0.3 is 14.0 Å². The number of hydrogen-bond acceptors (Lipinski definition) is 5. The molecule has 2 aromatic rings. The van der Waals surface area contributed by atoms with Crippen molar-refractivity contribution in [3.63, 3.8) is 0 Å². The van der Waals surface area contributed by atoms with Gasteiger partial charge in [0.1, 0.15) is 5.75 Å². The zero-order chi connectivity index (χ0) is 19.1. The molecule has 1 fully saturated rings. The van der Waals surface area contributed by atoms with Crippen molar-refractivity contribution < 1.29 is 27.2 Å². The van der Waals surface area contributed by atoms with Gasteiger partial charge in [0.25, 0.3) is 0 Å². The highest BCUT2D eigenvalue weighted by atomic mass is 19.4. The second-order valence-corrected chi connectivity index (χ2v) is 6.48. The number of alkyl halides is 3. The van der Waals surface area contributed by atoms with Gasteiger partial charge in [-0.25, -0.2) is 4.68 Å². The Morgan fingerprint density at radius 1 is 1.35 bits per heavy atom. The van der Waals surface area contributed by atoms with Crippen LogP contribution in [0.4, 0.5) is 13.2 Å². The lowest BCUT2D eigenvalue weighted by atomic mass is 9.78. The van der Waals surface area contributed by atoms with E-state index in [1.165, 1.54) is 13.1 Å². The van der Waals surface area contributed by atoms with Crippen molar-refractivity contribution in [3.05, 3.63) is 35.5 Å². The summed E-state index contributed by atoms with van der Waals surface area (Å²) in [4.78, 5) is 0. The van der Waals surface area contributed by atoms with Crippen LogP contribution in [0.5, 0.6) is 11.6 Å². The molecule has 0 unspecified atom stereocenters. The van der Waals surface area contributed by atoms with Gasteiger partial charge in [0, 0.05) is 18.6 Å². The second-order valence-electron chi connectivity index (χ2n) is 6.48. The van der Waals surface area contributed by atoms with Crippen LogP contribution in [0.25, 0.3) is 0 Å². The number of benzene rings is 1. The lowest BCUT2D eigenvalue weighted by Crippen LogP contribution is -2.35. The third-order valence-electron chi connectivity index (χ3n) is 3.75. The van der Waals surface area contributed by atoms with E-state index in [2.05, 4.69) is 5.10 Å². The molecule has 0 spiro atoms. The SMILES string of the molecule is Cn1nc(C(F)(F)F)cc1Oc1cc(C#N)ccc1B1OCC(C)(C)O1. The zero-order valence-corrected chi connectivity index (χ0v) is 14.3. The molecule has 0 N–H and O–H groups in total. The first-order chi connectivity index (χ1) is 12.1. The molecule has 26 heavy (non-hydrogen) atoms. The van der Waals surface area contributed by atoms with Crippen molar-refractivity contribution in [2.24, 2.45) is 7.05 Å². The van der Waals surface area contributed by atoms with Gasteiger partial charge in [0.15, 0.2) is 5.69 Å². The molecule has 0 atom stereocenters. The van der Waals surface area contributed by atoms with Gasteiger partial charge in [-0.15, -0.1) is 0 Å². The molecule has 10 heteroatoms. The minimum absolute atomic E-state index is 0.120. The third kappa shape index (κ3) is 3.69. The summed E-state index contributed by atoms with van der Waals surface area (Å²) in [6.07, 6.45) is -4.58. The molecule has 0 saturated carbocycles. The van der Waals surface area contributed by atoms with E-state index < -0.39 is 24.6 Å². The molecule has 1 aliphatic heterocycles. The van der Waals surface area contributed by atoms with Crippen LogP contribution < -0.4 is 10.2 Å². The Balaban J connectivity index is 1.97. The summed E-state index contributed by atoms with van der Waals surface area (Å²) in [5.74, 6) is 0.0504. The van der Waals surface area contributed by atoms with Crippen LogP contribution in [0.15, 0.2) is 24.3 Å². The van der Waals surface area contributed by atoms with Gasteiger partial charge >= 0.3 is 13.3 Å². The molecular formula is C16H15BF3N3O3. The van der Waals surface area contributed by atoms with E-state index >= 15 is 0 Å². The number of halogens is 3. The lowest BCUT2D eigenvalue weighted by molar-refractivity contribution is -0.141. The maximum Gasteiger partial charge on any atom is 0.498 e. The summed E-state index contributed by atoms with van der Waals surface area (Å²) in [7, 11) is 0.590. The largest absolute Gasteiger partial charge is 0.498 e. The Hall–Kier alpha value is -2.51. The molecule has 1 saturated heterocycles. The Morgan fingerprint density at radius 3 is 2.62 bits per heavy atom. The number of nitrogens with zero attached hydrogens (tertiary/aromatic N) is 3. The van der Waals surface area contributed by atoms with Gasteiger partial charge in [-0.05, 0) is 26.0 Å². The molecule has 1 aromatic carbocycles. The molecule has 0 bridgehead atoms. The fourth-order valence-electron chi connectivity index (χ4n) is 2.47. The molecule has 1 aromatic heterocycles. The van der Waals surface area contributed by atoms with Gasteiger partial charge in [-0.1, -0.05) is 6.07 Å². The van der Waals surface area contributed by atoms with E-state index in [1.807, 2.05) is 19.9 Å². The molecule has 1 aliphatic rings. The molecule has 0 aliphatic carbocycles. The van der Waals surface area contributed by atoms with Crippen molar-refractivity contribution in [1.29, 1.82) is 5.26 Å². The van der Waals surface area contributed by atoms with Gasteiger partial charge in [0.2, 0.25) is 5.88 Å². The normalized spacial score (nSPS) is 16.6. The monoisotopic (exact) mass is 365 g/mol.